The number of aryl methyl sites for hydroxylation is 1. The summed E-state index contributed by atoms with van der Waals surface area (Å²) in [7, 11) is 0. The number of halogens is 1. The Bertz CT molecular complexity index is 1400. The van der Waals surface area contributed by atoms with Crippen molar-refractivity contribution in [3.8, 4) is 21.8 Å². The number of hydrogen-bond acceptors (Lipinski definition) is 3. The van der Waals surface area contributed by atoms with Gasteiger partial charge in [0, 0.05) is 28.4 Å². The maximum Gasteiger partial charge on any atom is 0.267 e. The number of H-pyrrole nitrogens is 1. The van der Waals surface area contributed by atoms with E-state index in [9.17, 15) is 4.79 Å². The second kappa shape index (κ2) is 8.61. The van der Waals surface area contributed by atoms with Crippen molar-refractivity contribution in [3.63, 3.8) is 0 Å². The molecule has 0 unspecified atom stereocenters. The molecule has 0 aliphatic carbocycles. The molecule has 2 heterocycles. The first-order chi connectivity index (χ1) is 15.6. The first-order valence-electron chi connectivity index (χ1n) is 10.2. The van der Waals surface area contributed by atoms with Gasteiger partial charge in [-0.05, 0) is 24.6 Å². The lowest BCUT2D eigenvalue weighted by Gasteiger charge is -2.05. The van der Waals surface area contributed by atoms with Crippen LogP contribution in [0.15, 0.2) is 78.2 Å². The molecule has 2 aromatic heterocycles. The highest BCUT2D eigenvalue weighted by atomic mass is 35.5. The van der Waals surface area contributed by atoms with Gasteiger partial charge in [0.25, 0.3) is 5.91 Å². The molecule has 0 radical (unpaired) electrons. The van der Waals surface area contributed by atoms with Crippen LogP contribution in [-0.4, -0.2) is 15.9 Å². The second-order valence-electron chi connectivity index (χ2n) is 7.67. The van der Waals surface area contributed by atoms with E-state index in [2.05, 4.69) is 46.9 Å². The molecule has 0 saturated heterocycles. The van der Waals surface area contributed by atoms with E-state index in [0.29, 0.717) is 17.3 Å². The second-order valence-corrected chi connectivity index (χ2v) is 8.94. The van der Waals surface area contributed by atoms with Crippen LogP contribution < -0.4 is 5.32 Å². The van der Waals surface area contributed by atoms with Crippen LogP contribution in [-0.2, 0) is 6.54 Å². The Labute approximate surface area is 194 Å². The quantitative estimate of drug-likeness (QED) is 0.303. The molecule has 4 nitrogen and oxygen atoms in total. The zero-order chi connectivity index (χ0) is 22.1. The van der Waals surface area contributed by atoms with Crippen molar-refractivity contribution in [2.45, 2.75) is 13.5 Å². The fourth-order valence-electron chi connectivity index (χ4n) is 3.55. The zero-order valence-electron chi connectivity index (χ0n) is 17.4. The van der Waals surface area contributed by atoms with Crippen molar-refractivity contribution in [2.24, 2.45) is 0 Å². The Morgan fingerprint density at radius 3 is 2.53 bits per heavy atom. The number of nitrogens with one attached hydrogen (secondary N) is 2. The molecule has 6 heteroatoms. The summed E-state index contributed by atoms with van der Waals surface area (Å²) in [6.45, 7) is 2.52. The first kappa shape index (κ1) is 20.5. The van der Waals surface area contributed by atoms with Crippen molar-refractivity contribution < 1.29 is 4.79 Å². The van der Waals surface area contributed by atoms with Gasteiger partial charge in [-0.2, -0.15) is 0 Å². The summed E-state index contributed by atoms with van der Waals surface area (Å²) in [6, 6.07) is 23.9. The van der Waals surface area contributed by atoms with Crippen molar-refractivity contribution in [1.29, 1.82) is 0 Å². The third-order valence-corrected chi connectivity index (χ3v) is 6.56. The van der Waals surface area contributed by atoms with E-state index in [0.717, 1.165) is 38.3 Å². The van der Waals surface area contributed by atoms with Crippen molar-refractivity contribution >= 4 is 39.7 Å². The largest absolute Gasteiger partial charge is 0.349 e. The first-order valence-corrected chi connectivity index (χ1v) is 11.5. The van der Waals surface area contributed by atoms with E-state index in [-0.39, 0.29) is 5.91 Å². The number of fused-ring (bicyclic) bond motifs is 1. The molecule has 0 bridgehead atoms. The number of nitrogens with zero attached hydrogens (tertiary/aromatic N) is 1. The van der Waals surface area contributed by atoms with Gasteiger partial charge in [-0.1, -0.05) is 77.8 Å². The van der Waals surface area contributed by atoms with Gasteiger partial charge in [0.15, 0.2) is 0 Å². The standard InChI is InChI=1S/C26H20ClN3OS/c1-16-5-9-18(10-6-16)23-15-32-26(30-23)19-11-7-17(8-12-19)14-28-25(31)22-13-20-3-2-4-21(27)24(20)29-22/h2-13,15,29H,14H2,1H3,(H,28,31). The Balaban J connectivity index is 1.25. The summed E-state index contributed by atoms with van der Waals surface area (Å²) in [5.74, 6) is -0.163. The number of rotatable bonds is 5. The van der Waals surface area contributed by atoms with Crippen molar-refractivity contribution in [1.82, 2.24) is 15.3 Å². The molecule has 5 rings (SSSR count). The molecule has 158 valence electrons. The van der Waals surface area contributed by atoms with Crippen LogP contribution in [0.1, 0.15) is 21.6 Å². The maximum atomic E-state index is 12.6. The fourth-order valence-corrected chi connectivity index (χ4v) is 4.61. The van der Waals surface area contributed by atoms with Gasteiger partial charge < -0.3 is 10.3 Å². The summed E-state index contributed by atoms with van der Waals surface area (Å²) in [4.78, 5) is 20.4. The summed E-state index contributed by atoms with van der Waals surface area (Å²) >= 11 is 7.82. The fraction of sp³-hybridized carbons (Fsp3) is 0.0769. The van der Waals surface area contributed by atoms with Crippen LogP contribution in [0.3, 0.4) is 0 Å². The Morgan fingerprint density at radius 1 is 1.03 bits per heavy atom. The minimum Gasteiger partial charge on any atom is -0.349 e. The SMILES string of the molecule is Cc1ccc(-c2csc(-c3ccc(CNC(=O)c4cc5cccc(Cl)c5[nH]4)cc3)n2)cc1. The molecule has 1 amide bonds. The average Bonchev–Trinajstić information content (AvgIpc) is 3.47. The predicted octanol–water partition coefficient (Wildman–Crippen LogP) is 6.85. The molecule has 0 spiro atoms. The molecule has 3 aromatic carbocycles. The molecular formula is C26H20ClN3OS. The van der Waals surface area contributed by atoms with E-state index in [1.807, 2.05) is 42.5 Å². The lowest BCUT2D eigenvalue weighted by Crippen LogP contribution is -2.23. The Morgan fingerprint density at radius 2 is 1.78 bits per heavy atom. The maximum absolute atomic E-state index is 12.6. The van der Waals surface area contributed by atoms with E-state index < -0.39 is 0 Å². The smallest absolute Gasteiger partial charge is 0.267 e. The van der Waals surface area contributed by atoms with E-state index in [1.54, 1.807) is 17.4 Å². The van der Waals surface area contributed by atoms with Crippen LogP contribution in [0.2, 0.25) is 5.02 Å². The van der Waals surface area contributed by atoms with Gasteiger partial charge in [-0.25, -0.2) is 4.98 Å². The summed E-state index contributed by atoms with van der Waals surface area (Å²) in [5.41, 5.74) is 6.70. The van der Waals surface area contributed by atoms with Crippen LogP contribution in [0.25, 0.3) is 32.7 Å². The van der Waals surface area contributed by atoms with Crippen molar-refractivity contribution in [2.75, 3.05) is 0 Å². The third kappa shape index (κ3) is 4.17. The highest BCUT2D eigenvalue weighted by Gasteiger charge is 2.11. The minimum absolute atomic E-state index is 0.163. The molecule has 0 atom stereocenters. The van der Waals surface area contributed by atoms with Crippen LogP contribution in [0.4, 0.5) is 0 Å². The molecular weight excluding hydrogens is 438 g/mol. The minimum atomic E-state index is -0.163. The zero-order valence-corrected chi connectivity index (χ0v) is 18.9. The molecule has 5 aromatic rings. The van der Waals surface area contributed by atoms with E-state index in [1.165, 1.54) is 5.56 Å². The van der Waals surface area contributed by atoms with Crippen LogP contribution in [0, 0.1) is 6.92 Å². The number of carbonyl (C=O) groups is 1. The average molecular weight is 458 g/mol. The number of carbonyl (C=O) groups excluding carboxylic acids is 1. The molecule has 32 heavy (non-hydrogen) atoms. The lowest BCUT2D eigenvalue weighted by molar-refractivity contribution is 0.0947. The number of aromatic amines is 1. The lowest BCUT2D eigenvalue weighted by atomic mass is 10.1. The highest BCUT2D eigenvalue weighted by molar-refractivity contribution is 7.13. The number of para-hydroxylation sites is 1. The number of benzene rings is 3. The van der Waals surface area contributed by atoms with Crippen LogP contribution >= 0.6 is 22.9 Å². The molecule has 0 fully saturated rings. The molecule has 0 aliphatic rings. The van der Waals surface area contributed by atoms with E-state index in [4.69, 9.17) is 16.6 Å². The molecule has 2 N–H and O–H groups in total. The number of amides is 1. The topological polar surface area (TPSA) is 57.8 Å². The summed E-state index contributed by atoms with van der Waals surface area (Å²) in [6.07, 6.45) is 0. The molecule has 0 saturated carbocycles. The van der Waals surface area contributed by atoms with Gasteiger partial charge in [0.2, 0.25) is 0 Å². The number of aromatic nitrogens is 2. The Kier molecular flexibility index (Phi) is 5.52. The summed E-state index contributed by atoms with van der Waals surface area (Å²) in [5, 5.41) is 7.54. The van der Waals surface area contributed by atoms with Gasteiger partial charge in [-0.3, -0.25) is 4.79 Å². The van der Waals surface area contributed by atoms with Gasteiger partial charge in [0.1, 0.15) is 10.7 Å². The van der Waals surface area contributed by atoms with E-state index >= 15 is 0 Å². The van der Waals surface area contributed by atoms with Gasteiger partial charge in [0.05, 0.1) is 16.2 Å². The van der Waals surface area contributed by atoms with Gasteiger partial charge in [-0.15, -0.1) is 11.3 Å². The van der Waals surface area contributed by atoms with Crippen molar-refractivity contribution in [3.05, 3.63) is 100 Å². The normalized spacial score (nSPS) is 11.1. The molecule has 0 aliphatic heterocycles. The summed E-state index contributed by atoms with van der Waals surface area (Å²) < 4.78 is 0. The predicted molar refractivity (Wildman–Crippen MR) is 132 cm³/mol. The monoisotopic (exact) mass is 457 g/mol. The third-order valence-electron chi connectivity index (χ3n) is 5.36. The number of hydrogen-bond donors (Lipinski definition) is 2. The highest BCUT2D eigenvalue weighted by Crippen LogP contribution is 2.29. The number of thiazole rings is 1. The Hall–Kier alpha value is -3.41. The van der Waals surface area contributed by atoms with Gasteiger partial charge >= 0.3 is 0 Å². The van der Waals surface area contributed by atoms with Crippen LogP contribution in [0.5, 0.6) is 0 Å².